The number of amides is 1. The smallest absolute Gasteiger partial charge is 0.288 e. The maximum absolute atomic E-state index is 12.4. The summed E-state index contributed by atoms with van der Waals surface area (Å²) in [5.74, 6) is -2.61. The molecular weight excluding hydrogens is 246 g/mol. The van der Waals surface area contributed by atoms with Crippen LogP contribution in [0.3, 0.4) is 0 Å². The number of hydrogen-bond donors (Lipinski definition) is 1. The SMILES string of the molecule is NC1CC(=O)N(c2ccccc2SC(F)F)C1. The van der Waals surface area contributed by atoms with Gasteiger partial charge in [-0.3, -0.25) is 4.79 Å². The second-order valence-corrected chi connectivity index (χ2v) is 4.85. The van der Waals surface area contributed by atoms with Gasteiger partial charge in [0.15, 0.2) is 0 Å². The Morgan fingerprint density at radius 2 is 2.12 bits per heavy atom. The molecule has 1 aromatic carbocycles. The zero-order chi connectivity index (χ0) is 12.4. The minimum Gasteiger partial charge on any atom is -0.326 e. The van der Waals surface area contributed by atoms with Gasteiger partial charge in [-0.25, -0.2) is 0 Å². The lowest BCUT2D eigenvalue weighted by molar-refractivity contribution is -0.117. The number of hydrogen-bond acceptors (Lipinski definition) is 3. The van der Waals surface area contributed by atoms with Crippen LogP contribution >= 0.6 is 11.8 Å². The fourth-order valence-electron chi connectivity index (χ4n) is 1.84. The van der Waals surface area contributed by atoms with Crippen molar-refractivity contribution < 1.29 is 13.6 Å². The van der Waals surface area contributed by atoms with Crippen molar-refractivity contribution in [1.82, 2.24) is 0 Å². The first-order valence-electron chi connectivity index (χ1n) is 5.17. The van der Waals surface area contributed by atoms with Gasteiger partial charge < -0.3 is 10.6 Å². The number of carbonyl (C=O) groups is 1. The van der Waals surface area contributed by atoms with E-state index in [0.717, 1.165) is 0 Å². The molecule has 0 saturated carbocycles. The van der Waals surface area contributed by atoms with E-state index in [9.17, 15) is 13.6 Å². The number of nitrogens with zero attached hydrogens (tertiary/aromatic N) is 1. The third-order valence-electron chi connectivity index (χ3n) is 2.53. The molecule has 1 atom stereocenters. The van der Waals surface area contributed by atoms with E-state index in [0.29, 0.717) is 28.9 Å². The van der Waals surface area contributed by atoms with Crippen molar-refractivity contribution in [2.45, 2.75) is 23.1 Å². The fourth-order valence-corrected chi connectivity index (χ4v) is 2.49. The average Bonchev–Trinajstić information content (AvgIpc) is 2.58. The van der Waals surface area contributed by atoms with Gasteiger partial charge >= 0.3 is 0 Å². The molecule has 1 amide bonds. The fraction of sp³-hybridized carbons (Fsp3) is 0.364. The van der Waals surface area contributed by atoms with E-state index in [1.165, 1.54) is 4.90 Å². The molecule has 1 heterocycles. The number of rotatable bonds is 3. The van der Waals surface area contributed by atoms with Gasteiger partial charge in [-0.05, 0) is 12.1 Å². The molecule has 0 bridgehead atoms. The normalized spacial score (nSPS) is 20.4. The summed E-state index contributed by atoms with van der Waals surface area (Å²) in [5, 5.41) is 0. The molecule has 17 heavy (non-hydrogen) atoms. The van der Waals surface area contributed by atoms with Crippen molar-refractivity contribution in [3.05, 3.63) is 24.3 Å². The summed E-state index contributed by atoms with van der Waals surface area (Å²) in [6.07, 6.45) is 0.272. The standard InChI is InChI=1S/C11H12F2N2OS/c12-11(13)17-9-4-2-1-3-8(9)15-6-7(14)5-10(15)16/h1-4,7,11H,5-6,14H2. The Morgan fingerprint density at radius 3 is 2.71 bits per heavy atom. The summed E-state index contributed by atoms with van der Waals surface area (Å²) < 4.78 is 24.8. The van der Waals surface area contributed by atoms with Crippen molar-refractivity contribution in [2.24, 2.45) is 5.73 Å². The second-order valence-electron chi connectivity index (χ2n) is 3.81. The Bertz CT molecular complexity index is 428. The maximum Gasteiger partial charge on any atom is 0.288 e. The van der Waals surface area contributed by atoms with Crippen LogP contribution < -0.4 is 10.6 Å². The summed E-state index contributed by atoms with van der Waals surface area (Å²) in [5.41, 5.74) is 6.21. The Hall–Kier alpha value is -1.14. The van der Waals surface area contributed by atoms with Crippen LogP contribution in [0.1, 0.15) is 6.42 Å². The van der Waals surface area contributed by atoms with Crippen LogP contribution in [0, 0.1) is 0 Å². The summed E-state index contributed by atoms with van der Waals surface area (Å²) in [4.78, 5) is 13.6. The molecule has 3 nitrogen and oxygen atoms in total. The molecule has 1 aromatic rings. The summed E-state index contributed by atoms with van der Waals surface area (Å²) in [6.45, 7) is 0.389. The molecule has 1 fully saturated rings. The van der Waals surface area contributed by atoms with Crippen molar-refractivity contribution in [3.63, 3.8) is 0 Å². The van der Waals surface area contributed by atoms with Crippen LogP contribution in [-0.2, 0) is 4.79 Å². The molecule has 1 unspecified atom stereocenters. The number of carbonyl (C=O) groups excluding carboxylic acids is 1. The van der Waals surface area contributed by atoms with Crippen molar-refractivity contribution in [1.29, 1.82) is 0 Å². The molecule has 0 aliphatic carbocycles. The Kier molecular flexibility index (Phi) is 3.63. The molecule has 0 spiro atoms. The zero-order valence-corrected chi connectivity index (χ0v) is 9.79. The minimum atomic E-state index is -2.50. The molecule has 2 N–H and O–H groups in total. The number of para-hydroxylation sites is 1. The van der Waals surface area contributed by atoms with Gasteiger partial charge in [0, 0.05) is 23.9 Å². The molecule has 2 rings (SSSR count). The highest BCUT2D eigenvalue weighted by atomic mass is 32.2. The van der Waals surface area contributed by atoms with E-state index in [4.69, 9.17) is 5.73 Å². The van der Waals surface area contributed by atoms with Gasteiger partial charge in [-0.15, -0.1) is 0 Å². The first-order valence-corrected chi connectivity index (χ1v) is 6.05. The third kappa shape index (κ3) is 2.76. The van der Waals surface area contributed by atoms with E-state index >= 15 is 0 Å². The van der Waals surface area contributed by atoms with Crippen LogP contribution in [0.25, 0.3) is 0 Å². The van der Waals surface area contributed by atoms with Crippen LogP contribution in [0.4, 0.5) is 14.5 Å². The average molecular weight is 258 g/mol. The third-order valence-corrected chi connectivity index (χ3v) is 3.30. The Labute approximate surface area is 102 Å². The molecule has 1 aliphatic rings. The first kappa shape index (κ1) is 12.3. The predicted molar refractivity (Wildman–Crippen MR) is 63.2 cm³/mol. The van der Waals surface area contributed by atoms with Gasteiger partial charge in [-0.1, -0.05) is 23.9 Å². The molecular formula is C11H12F2N2OS. The van der Waals surface area contributed by atoms with Crippen LogP contribution in [0.15, 0.2) is 29.2 Å². The molecule has 0 aromatic heterocycles. The number of thioether (sulfide) groups is 1. The summed E-state index contributed by atoms with van der Waals surface area (Å²) in [7, 11) is 0. The van der Waals surface area contributed by atoms with E-state index in [2.05, 4.69) is 0 Å². The number of nitrogens with two attached hydrogens (primary N) is 1. The van der Waals surface area contributed by atoms with E-state index in [1.54, 1.807) is 24.3 Å². The highest BCUT2D eigenvalue weighted by molar-refractivity contribution is 7.99. The lowest BCUT2D eigenvalue weighted by Gasteiger charge is -2.19. The van der Waals surface area contributed by atoms with Crippen molar-refractivity contribution >= 4 is 23.4 Å². The monoisotopic (exact) mass is 258 g/mol. The van der Waals surface area contributed by atoms with Crippen LogP contribution in [-0.4, -0.2) is 24.3 Å². The molecule has 6 heteroatoms. The Morgan fingerprint density at radius 1 is 1.41 bits per heavy atom. The number of alkyl halides is 2. The quantitative estimate of drug-likeness (QED) is 0.844. The number of halogens is 2. The van der Waals surface area contributed by atoms with Gasteiger partial charge in [0.25, 0.3) is 5.76 Å². The van der Waals surface area contributed by atoms with Gasteiger partial charge in [0.1, 0.15) is 0 Å². The van der Waals surface area contributed by atoms with Crippen molar-refractivity contribution in [3.8, 4) is 0 Å². The second kappa shape index (κ2) is 5.01. The summed E-state index contributed by atoms with van der Waals surface area (Å²) in [6, 6.07) is 6.44. The maximum atomic E-state index is 12.4. The van der Waals surface area contributed by atoms with E-state index in [-0.39, 0.29) is 18.4 Å². The van der Waals surface area contributed by atoms with E-state index < -0.39 is 5.76 Å². The predicted octanol–water partition coefficient (Wildman–Crippen LogP) is 2.07. The number of benzene rings is 1. The topological polar surface area (TPSA) is 46.3 Å². The molecule has 0 radical (unpaired) electrons. The van der Waals surface area contributed by atoms with Gasteiger partial charge in [-0.2, -0.15) is 8.78 Å². The van der Waals surface area contributed by atoms with E-state index in [1.807, 2.05) is 0 Å². The lowest BCUT2D eigenvalue weighted by atomic mass is 10.3. The first-order chi connectivity index (χ1) is 8.08. The van der Waals surface area contributed by atoms with Crippen molar-refractivity contribution in [2.75, 3.05) is 11.4 Å². The lowest BCUT2D eigenvalue weighted by Crippen LogP contribution is -2.28. The molecule has 92 valence electrons. The Balaban J connectivity index is 2.28. The molecule has 1 aliphatic heterocycles. The van der Waals surface area contributed by atoms with Gasteiger partial charge in [0.2, 0.25) is 5.91 Å². The largest absolute Gasteiger partial charge is 0.326 e. The number of anilines is 1. The summed E-state index contributed by atoms with van der Waals surface area (Å²) >= 11 is 0.447. The highest BCUT2D eigenvalue weighted by Crippen LogP contribution is 2.35. The zero-order valence-electron chi connectivity index (χ0n) is 8.98. The molecule has 1 saturated heterocycles. The highest BCUT2D eigenvalue weighted by Gasteiger charge is 2.29. The van der Waals surface area contributed by atoms with Gasteiger partial charge in [0.05, 0.1) is 5.69 Å². The van der Waals surface area contributed by atoms with Crippen LogP contribution in [0.2, 0.25) is 0 Å². The minimum absolute atomic E-state index is 0.111. The van der Waals surface area contributed by atoms with Crippen LogP contribution in [0.5, 0.6) is 0 Å².